The molecule has 1 aliphatic heterocycles. The van der Waals surface area contributed by atoms with E-state index in [0.717, 1.165) is 6.54 Å². The van der Waals surface area contributed by atoms with Crippen LogP contribution in [0.1, 0.15) is 58.3 Å². The van der Waals surface area contributed by atoms with E-state index in [1.165, 1.54) is 64.5 Å². The van der Waals surface area contributed by atoms with Crippen molar-refractivity contribution in [2.24, 2.45) is 0 Å². The summed E-state index contributed by atoms with van der Waals surface area (Å²) in [6, 6.07) is -0.0292. The highest BCUT2D eigenvalue weighted by atomic mass is 16.3. The first-order valence-electron chi connectivity index (χ1n) is 9.10. The third kappa shape index (κ3) is 4.35. The van der Waals surface area contributed by atoms with Crippen LogP contribution in [0.25, 0.3) is 0 Å². The lowest BCUT2D eigenvalue weighted by Gasteiger charge is -2.48. The van der Waals surface area contributed by atoms with E-state index in [4.69, 9.17) is 5.11 Å². The molecule has 2 N–H and O–H groups in total. The maximum atomic E-state index is 12.3. The highest BCUT2D eigenvalue weighted by molar-refractivity contribution is 5.74. The molecule has 0 spiro atoms. The molecule has 128 valence electrons. The highest BCUT2D eigenvalue weighted by Crippen LogP contribution is 2.35. The first-order chi connectivity index (χ1) is 10.7. The van der Waals surface area contributed by atoms with E-state index >= 15 is 0 Å². The predicted octanol–water partition coefficient (Wildman–Crippen LogP) is 2.20. The molecule has 0 aromatic carbocycles. The summed E-state index contributed by atoms with van der Waals surface area (Å²) in [4.78, 5) is 16.7. The molecule has 2 amide bonds. The molecule has 0 atom stereocenters. The van der Waals surface area contributed by atoms with E-state index in [1.54, 1.807) is 4.90 Å². The van der Waals surface area contributed by atoms with E-state index in [0.29, 0.717) is 13.1 Å². The Kier molecular flexibility index (Phi) is 6.96. The number of urea groups is 1. The van der Waals surface area contributed by atoms with Gasteiger partial charge >= 0.3 is 6.03 Å². The third-order valence-electron chi connectivity index (χ3n) is 5.42. The molecule has 0 aromatic heterocycles. The molecule has 1 saturated carbocycles. The molecule has 0 unspecified atom stereocenters. The van der Waals surface area contributed by atoms with E-state index in [2.05, 4.69) is 10.2 Å². The maximum absolute atomic E-state index is 12.3. The number of likely N-dealkylation sites (N-methyl/N-ethyl adjacent to an activating group) is 1. The van der Waals surface area contributed by atoms with E-state index in [9.17, 15) is 4.79 Å². The molecule has 2 aliphatic rings. The van der Waals surface area contributed by atoms with Crippen LogP contribution in [0.2, 0.25) is 0 Å². The monoisotopic (exact) mass is 311 g/mol. The Balaban J connectivity index is 1.95. The first kappa shape index (κ1) is 17.5. The van der Waals surface area contributed by atoms with Gasteiger partial charge in [-0.2, -0.15) is 0 Å². The minimum Gasteiger partial charge on any atom is -0.395 e. The van der Waals surface area contributed by atoms with Crippen LogP contribution in [0.5, 0.6) is 0 Å². The number of aliphatic hydroxyl groups is 1. The van der Waals surface area contributed by atoms with E-state index in [1.807, 2.05) is 6.92 Å². The molecule has 5 nitrogen and oxygen atoms in total. The summed E-state index contributed by atoms with van der Waals surface area (Å²) in [5.41, 5.74) is 0.174. The van der Waals surface area contributed by atoms with Gasteiger partial charge in [-0.15, -0.1) is 0 Å². The van der Waals surface area contributed by atoms with Crippen molar-refractivity contribution in [2.75, 3.05) is 39.3 Å². The van der Waals surface area contributed by atoms with Gasteiger partial charge in [-0.05, 0) is 45.7 Å². The van der Waals surface area contributed by atoms with E-state index in [-0.39, 0.29) is 18.2 Å². The van der Waals surface area contributed by atoms with Gasteiger partial charge in [0.05, 0.1) is 6.61 Å². The number of carbonyl (C=O) groups excluding carboxylic acids is 1. The van der Waals surface area contributed by atoms with Crippen molar-refractivity contribution in [1.82, 2.24) is 15.1 Å². The number of nitrogens with one attached hydrogen (secondary N) is 1. The lowest BCUT2D eigenvalue weighted by atomic mass is 9.79. The quantitative estimate of drug-likeness (QED) is 0.790. The third-order valence-corrected chi connectivity index (χ3v) is 5.42. The van der Waals surface area contributed by atoms with Crippen LogP contribution in [0, 0.1) is 0 Å². The van der Waals surface area contributed by atoms with Gasteiger partial charge in [0, 0.05) is 25.2 Å². The van der Waals surface area contributed by atoms with Crippen molar-refractivity contribution in [3.8, 4) is 0 Å². The fourth-order valence-corrected chi connectivity index (χ4v) is 4.06. The Morgan fingerprint density at radius 2 is 1.77 bits per heavy atom. The number of amides is 2. The van der Waals surface area contributed by atoms with Crippen molar-refractivity contribution in [3.63, 3.8) is 0 Å². The van der Waals surface area contributed by atoms with Crippen LogP contribution >= 0.6 is 0 Å². The summed E-state index contributed by atoms with van der Waals surface area (Å²) in [6.07, 6.45) is 10.2. The van der Waals surface area contributed by atoms with Crippen molar-refractivity contribution in [2.45, 2.75) is 63.8 Å². The Hall–Kier alpha value is -0.810. The van der Waals surface area contributed by atoms with Crippen LogP contribution in [-0.2, 0) is 0 Å². The number of hydrogen-bond acceptors (Lipinski definition) is 3. The second-order valence-electron chi connectivity index (χ2n) is 6.79. The second kappa shape index (κ2) is 8.73. The van der Waals surface area contributed by atoms with Crippen LogP contribution in [-0.4, -0.2) is 65.8 Å². The average Bonchev–Trinajstić information content (AvgIpc) is 2.59. The van der Waals surface area contributed by atoms with Gasteiger partial charge in [-0.3, -0.25) is 4.90 Å². The van der Waals surface area contributed by atoms with Crippen molar-refractivity contribution < 1.29 is 9.90 Å². The van der Waals surface area contributed by atoms with Gasteiger partial charge in [0.2, 0.25) is 0 Å². The van der Waals surface area contributed by atoms with Crippen molar-refractivity contribution in [1.29, 1.82) is 0 Å². The van der Waals surface area contributed by atoms with E-state index < -0.39 is 0 Å². The molecule has 0 bridgehead atoms. The topological polar surface area (TPSA) is 55.8 Å². The Morgan fingerprint density at radius 1 is 1.14 bits per heavy atom. The normalized spacial score (nSPS) is 22.3. The number of rotatable bonds is 6. The maximum Gasteiger partial charge on any atom is 0.317 e. The smallest absolute Gasteiger partial charge is 0.317 e. The molecule has 22 heavy (non-hydrogen) atoms. The summed E-state index contributed by atoms with van der Waals surface area (Å²) < 4.78 is 0. The van der Waals surface area contributed by atoms with Gasteiger partial charge in [0.1, 0.15) is 0 Å². The zero-order valence-electron chi connectivity index (χ0n) is 14.1. The molecule has 1 aliphatic carbocycles. The van der Waals surface area contributed by atoms with Crippen molar-refractivity contribution >= 4 is 6.03 Å². The number of carbonyl (C=O) groups is 1. The average molecular weight is 311 g/mol. The molecule has 1 heterocycles. The number of piperidine rings is 1. The number of likely N-dealkylation sites (tertiary alicyclic amines) is 1. The highest BCUT2D eigenvalue weighted by Gasteiger charge is 2.38. The lowest BCUT2D eigenvalue weighted by Crippen LogP contribution is -2.59. The summed E-state index contributed by atoms with van der Waals surface area (Å²) >= 11 is 0. The molecule has 5 heteroatoms. The van der Waals surface area contributed by atoms with Crippen LogP contribution < -0.4 is 5.32 Å². The predicted molar refractivity (Wildman–Crippen MR) is 89.0 cm³/mol. The van der Waals surface area contributed by atoms with Gasteiger partial charge in [-0.1, -0.05) is 25.7 Å². The van der Waals surface area contributed by atoms with Gasteiger partial charge in [0.15, 0.2) is 0 Å². The molecule has 0 radical (unpaired) electrons. The zero-order chi connectivity index (χ0) is 15.8. The largest absolute Gasteiger partial charge is 0.395 e. The van der Waals surface area contributed by atoms with Crippen LogP contribution in [0.15, 0.2) is 0 Å². The minimum atomic E-state index is -0.0292. The molecule has 2 fully saturated rings. The van der Waals surface area contributed by atoms with Gasteiger partial charge in [-0.25, -0.2) is 4.79 Å². The molecule has 2 rings (SSSR count). The Morgan fingerprint density at radius 3 is 2.36 bits per heavy atom. The second-order valence-corrected chi connectivity index (χ2v) is 6.79. The molecule has 1 saturated heterocycles. The molecular weight excluding hydrogens is 278 g/mol. The SMILES string of the molecule is CCN(CCO)C(=O)NCC1(N2CCCCC2)CCCCC1. The zero-order valence-corrected chi connectivity index (χ0v) is 14.1. The molecule has 0 aromatic rings. The lowest BCUT2D eigenvalue weighted by molar-refractivity contribution is 0.0343. The summed E-state index contributed by atoms with van der Waals surface area (Å²) in [5.74, 6) is 0. The Bertz CT molecular complexity index is 337. The minimum absolute atomic E-state index is 0.0263. The van der Waals surface area contributed by atoms with Crippen LogP contribution in [0.4, 0.5) is 4.79 Å². The first-order valence-corrected chi connectivity index (χ1v) is 9.10. The fourth-order valence-electron chi connectivity index (χ4n) is 4.06. The summed E-state index contributed by atoms with van der Waals surface area (Å²) in [5, 5.41) is 12.2. The van der Waals surface area contributed by atoms with Gasteiger partial charge in [0.25, 0.3) is 0 Å². The summed E-state index contributed by atoms with van der Waals surface area (Å²) in [7, 11) is 0. The fraction of sp³-hybridized carbons (Fsp3) is 0.941. The molecular formula is C17H33N3O2. The van der Waals surface area contributed by atoms with Crippen LogP contribution in [0.3, 0.4) is 0 Å². The summed E-state index contributed by atoms with van der Waals surface area (Å²) in [6.45, 7) is 6.17. The van der Waals surface area contributed by atoms with Crippen molar-refractivity contribution in [3.05, 3.63) is 0 Å². The number of hydrogen-bond donors (Lipinski definition) is 2. The van der Waals surface area contributed by atoms with Gasteiger partial charge < -0.3 is 15.3 Å². The Labute approximate surface area is 135 Å². The number of nitrogens with zero attached hydrogens (tertiary/aromatic N) is 2. The number of aliphatic hydroxyl groups excluding tert-OH is 1. The standard InChI is InChI=1S/C17H33N3O2/c1-2-19(13-14-21)16(22)18-15-17(9-5-3-6-10-17)20-11-7-4-8-12-20/h21H,2-15H2,1H3,(H,18,22).